The van der Waals surface area contributed by atoms with Gasteiger partial charge >= 0.3 is 0 Å². The fourth-order valence-electron chi connectivity index (χ4n) is 2.38. The van der Waals surface area contributed by atoms with Crippen molar-refractivity contribution in [1.82, 2.24) is 0 Å². The Balaban J connectivity index is 1.80. The maximum atomic E-state index is 12.6. The summed E-state index contributed by atoms with van der Waals surface area (Å²) in [6, 6.07) is 21.7. The zero-order chi connectivity index (χ0) is 16.9. The number of nitrogens with two attached hydrogens (primary N) is 2. The van der Waals surface area contributed by atoms with E-state index < -0.39 is 0 Å². The number of ether oxygens (including phenoxy) is 1. The van der Waals surface area contributed by atoms with E-state index in [0.29, 0.717) is 34.9 Å². The van der Waals surface area contributed by atoms with Gasteiger partial charge in [0.1, 0.15) is 12.4 Å². The van der Waals surface area contributed by atoms with Gasteiger partial charge in [0, 0.05) is 28.6 Å². The Morgan fingerprint density at radius 3 is 2.21 bits per heavy atom. The van der Waals surface area contributed by atoms with Gasteiger partial charge in [0.25, 0.3) is 0 Å². The van der Waals surface area contributed by atoms with Crippen LogP contribution >= 0.6 is 0 Å². The van der Waals surface area contributed by atoms with Gasteiger partial charge in [0.2, 0.25) is 0 Å². The van der Waals surface area contributed by atoms with Gasteiger partial charge in [0.15, 0.2) is 5.78 Å². The zero-order valence-corrected chi connectivity index (χ0v) is 13.1. The molecule has 0 aliphatic carbocycles. The summed E-state index contributed by atoms with van der Waals surface area (Å²) in [6.45, 7) is 0.416. The number of rotatable bonds is 5. The molecule has 120 valence electrons. The van der Waals surface area contributed by atoms with Gasteiger partial charge < -0.3 is 16.2 Å². The van der Waals surface area contributed by atoms with Crippen LogP contribution in [0.1, 0.15) is 21.5 Å². The van der Waals surface area contributed by atoms with Gasteiger partial charge in [-0.15, -0.1) is 0 Å². The Labute approximate surface area is 140 Å². The van der Waals surface area contributed by atoms with Crippen molar-refractivity contribution in [1.29, 1.82) is 0 Å². The predicted octanol–water partition coefficient (Wildman–Crippen LogP) is 3.66. The molecule has 24 heavy (non-hydrogen) atoms. The van der Waals surface area contributed by atoms with Crippen LogP contribution in [0.3, 0.4) is 0 Å². The number of benzene rings is 3. The van der Waals surface area contributed by atoms with Crippen LogP contribution in [0.15, 0.2) is 72.8 Å². The first-order valence-electron chi connectivity index (χ1n) is 7.59. The van der Waals surface area contributed by atoms with Crippen LogP contribution < -0.4 is 16.2 Å². The Morgan fingerprint density at radius 2 is 1.50 bits per heavy atom. The third-order valence-corrected chi connectivity index (χ3v) is 3.61. The molecule has 0 unspecified atom stereocenters. The molecule has 0 fully saturated rings. The van der Waals surface area contributed by atoms with E-state index in [2.05, 4.69) is 0 Å². The largest absolute Gasteiger partial charge is 0.489 e. The molecule has 3 rings (SSSR count). The predicted molar refractivity (Wildman–Crippen MR) is 95.9 cm³/mol. The summed E-state index contributed by atoms with van der Waals surface area (Å²) in [4.78, 5) is 12.6. The summed E-state index contributed by atoms with van der Waals surface area (Å²) in [7, 11) is 0. The van der Waals surface area contributed by atoms with Gasteiger partial charge in [-0.3, -0.25) is 4.79 Å². The van der Waals surface area contributed by atoms with Crippen molar-refractivity contribution in [3.63, 3.8) is 0 Å². The van der Waals surface area contributed by atoms with E-state index in [9.17, 15) is 4.79 Å². The number of carbonyl (C=O) groups is 1. The number of ketones is 1. The molecular weight excluding hydrogens is 300 g/mol. The SMILES string of the molecule is Nc1ccc(C(=O)c2cc(N)cc(OCc3ccccc3)c2)cc1. The minimum atomic E-state index is -0.119. The highest BCUT2D eigenvalue weighted by Gasteiger charge is 2.11. The van der Waals surface area contributed by atoms with Crippen LogP contribution in [-0.4, -0.2) is 5.78 Å². The van der Waals surface area contributed by atoms with Gasteiger partial charge in [0.05, 0.1) is 0 Å². The van der Waals surface area contributed by atoms with Crippen molar-refractivity contribution in [3.8, 4) is 5.75 Å². The maximum Gasteiger partial charge on any atom is 0.193 e. The lowest BCUT2D eigenvalue weighted by atomic mass is 10.0. The molecule has 0 heterocycles. The highest BCUT2D eigenvalue weighted by atomic mass is 16.5. The average molecular weight is 318 g/mol. The number of nitrogen functional groups attached to an aromatic ring is 2. The summed E-state index contributed by atoms with van der Waals surface area (Å²) in [6.07, 6.45) is 0. The normalized spacial score (nSPS) is 10.3. The summed E-state index contributed by atoms with van der Waals surface area (Å²) in [5.74, 6) is 0.449. The molecular formula is C20H18N2O2. The smallest absolute Gasteiger partial charge is 0.193 e. The van der Waals surface area contributed by atoms with E-state index in [1.54, 1.807) is 42.5 Å². The third-order valence-electron chi connectivity index (χ3n) is 3.61. The van der Waals surface area contributed by atoms with Crippen molar-refractivity contribution in [2.75, 3.05) is 11.5 Å². The van der Waals surface area contributed by atoms with E-state index in [1.807, 2.05) is 30.3 Å². The summed E-state index contributed by atoms with van der Waals surface area (Å²) < 4.78 is 5.77. The van der Waals surface area contributed by atoms with E-state index >= 15 is 0 Å². The van der Waals surface area contributed by atoms with E-state index in [4.69, 9.17) is 16.2 Å². The topological polar surface area (TPSA) is 78.3 Å². The van der Waals surface area contributed by atoms with Crippen molar-refractivity contribution in [2.45, 2.75) is 6.61 Å². The lowest BCUT2D eigenvalue weighted by Crippen LogP contribution is -2.04. The molecule has 0 spiro atoms. The van der Waals surface area contributed by atoms with Crippen LogP contribution in [0.5, 0.6) is 5.75 Å². The monoisotopic (exact) mass is 318 g/mol. The third kappa shape index (κ3) is 3.73. The molecule has 4 nitrogen and oxygen atoms in total. The highest BCUT2D eigenvalue weighted by Crippen LogP contribution is 2.22. The average Bonchev–Trinajstić information content (AvgIpc) is 2.60. The summed E-state index contributed by atoms with van der Waals surface area (Å²) >= 11 is 0. The molecule has 4 N–H and O–H groups in total. The van der Waals surface area contributed by atoms with Crippen molar-refractivity contribution in [3.05, 3.63) is 89.5 Å². The Bertz CT molecular complexity index is 843. The van der Waals surface area contributed by atoms with Crippen molar-refractivity contribution in [2.24, 2.45) is 0 Å². The van der Waals surface area contributed by atoms with Crippen molar-refractivity contribution >= 4 is 17.2 Å². The minimum absolute atomic E-state index is 0.119. The van der Waals surface area contributed by atoms with Crippen LogP contribution in [-0.2, 0) is 6.61 Å². The van der Waals surface area contributed by atoms with Gasteiger partial charge in [-0.25, -0.2) is 0 Å². The lowest BCUT2D eigenvalue weighted by Gasteiger charge is -2.10. The Hall–Kier alpha value is -3.27. The first kappa shape index (κ1) is 15.6. The molecule has 0 aromatic heterocycles. The van der Waals surface area contributed by atoms with Crippen LogP contribution in [0.2, 0.25) is 0 Å². The molecule has 4 heteroatoms. The first-order valence-corrected chi connectivity index (χ1v) is 7.59. The summed E-state index contributed by atoms with van der Waals surface area (Å²) in [5.41, 5.74) is 14.8. The molecule has 0 aliphatic heterocycles. The minimum Gasteiger partial charge on any atom is -0.489 e. The van der Waals surface area contributed by atoms with E-state index in [-0.39, 0.29) is 5.78 Å². The lowest BCUT2D eigenvalue weighted by molar-refractivity contribution is 0.103. The molecule has 0 radical (unpaired) electrons. The summed E-state index contributed by atoms with van der Waals surface area (Å²) in [5, 5.41) is 0. The highest BCUT2D eigenvalue weighted by molar-refractivity contribution is 6.09. The molecule has 3 aromatic carbocycles. The van der Waals surface area contributed by atoms with E-state index in [0.717, 1.165) is 5.56 Å². The molecule has 0 saturated carbocycles. The number of hydrogen-bond donors (Lipinski definition) is 2. The quantitative estimate of drug-likeness (QED) is 0.556. The number of hydrogen-bond acceptors (Lipinski definition) is 4. The molecule has 0 saturated heterocycles. The molecule has 0 aliphatic rings. The Morgan fingerprint density at radius 1 is 0.792 bits per heavy atom. The second kappa shape index (κ2) is 6.87. The van der Waals surface area contributed by atoms with Crippen LogP contribution in [0.25, 0.3) is 0 Å². The molecule has 0 bridgehead atoms. The first-order chi connectivity index (χ1) is 11.6. The van der Waals surface area contributed by atoms with Gasteiger partial charge in [-0.05, 0) is 42.0 Å². The van der Waals surface area contributed by atoms with Crippen LogP contribution in [0.4, 0.5) is 11.4 Å². The van der Waals surface area contributed by atoms with Gasteiger partial charge in [-0.2, -0.15) is 0 Å². The van der Waals surface area contributed by atoms with Crippen LogP contribution in [0, 0.1) is 0 Å². The number of anilines is 2. The fraction of sp³-hybridized carbons (Fsp3) is 0.0500. The Kier molecular flexibility index (Phi) is 4.47. The number of carbonyl (C=O) groups excluding carboxylic acids is 1. The zero-order valence-electron chi connectivity index (χ0n) is 13.1. The maximum absolute atomic E-state index is 12.6. The second-order valence-corrected chi connectivity index (χ2v) is 5.52. The van der Waals surface area contributed by atoms with Crippen molar-refractivity contribution < 1.29 is 9.53 Å². The van der Waals surface area contributed by atoms with E-state index in [1.165, 1.54) is 0 Å². The second-order valence-electron chi connectivity index (χ2n) is 5.52. The fourth-order valence-corrected chi connectivity index (χ4v) is 2.38. The molecule has 0 atom stereocenters. The molecule has 0 amide bonds. The van der Waals surface area contributed by atoms with Gasteiger partial charge in [-0.1, -0.05) is 30.3 Å². The standard InChI is InChI=1S/C20H18N2O2/c21-17-8-6-15(7-9-17)20(23)16-10-18(22)12-19(11-16)24-13-14-4-2-1-3-5-14/h1-12H,13,21-22H2. The molecule has 3 aromatic rings.